The van der Waals surface area contributed by atoms with Gasteiger partial charge in [0.2, 0.25) is 11.9 Å². The average molecular weight is 388 g/mol. The molecule has 0 saturated carbocycles. The lowest BCUT2D eigenvalue weighted by Gasteiger charge is -2.28. The van der Waals surface area contributed by atoms with Gasteiger partial charge < -0.3 is 15.0 Å². The number of aromatic nitrogens is 3. The molecule has 27 heavy (non-hydrogen) atoms. The molecule has 2 heterocycles. The van der Waals surface area contributed by atoms with E-state index < -0.39 is 0 Å². The van der Waals surface area contributed by atoms with Crippen LogP contribution in [0.25, 0.3) is 5.69 Å². The Labute approximate surface area is 163 Å². The predicted octanol–water partition coefficient (Wildman–Crippen LogP) is 2.66. The zero-order valence-electron chi connectivity index (χ0n) is 15.6. The van der Waals surface area contributed by atoms with Crippen molar-refractivity contribution in [3.05, 3.63) is 36.9 Å². The Morgan fingerprint density at radius 1 is 1.30 bits per heavy atom. The van der Waals surface area contributed by atoms with Crippen LogP contribution in [0.2, 0.25) is 0 Å². The van der Waals surface area contributed by atoms with E-state index in [2.05, 4.69) is 27.0 Å². The molecule has 0 atom stereocenters. The van der Waals surface area contributed by atoms with E-state index in [1.54, 1.807) is 13.2 Å². The highest BCUT2D eigenvalue weighted by Crippen LogP contribution is 2.32. The lowest BCUT2D eigenvalue weighted by molar-refractivity contribution is -0.118. The first-order chi connectivity index (χ1) is 13.2. The molecule has 1 aliphatic heterocycles. The average Bonchev–Trinajstić information content (AvgIpc) is 3.15. The molecule has 1 amide bonds. The molecule has 7 nitrogen and oxygen atoms in total. The predicted molar refractivity (Wildman–Crippen MR) is 108 cm³/mol. The van der Waals surface area contributed by atoms with Crippen molar-refractivity contribution >= 4 is 23.6 Å². The lowest BCUT2D eigenvalue weighted by atomic mass is 10.1. The summed E-state index contributed by atoms with van der Waals surface area (Å²) in [6.07, 6.45) is 5.19. The first-order valence-corrected chi connectivity index (χ1v) is 10.1. The van der Waals surface area contributed by atoms with Crippen molar-refractivity contribution in [2.24, 2.45) is 0 Å². The molecular weight excluding hydrogens is 362 g/mol. The number of nitrogens with one attached hydrogen (secondary N) is 1. The van der Waals surface area contributed by atoms with Gasteiger partial charge in [-0.25, -0.2) is 0 Å². The minimum atomic E-state index is -0.0611. The summed E-state index contributed by atoms with van der Waals surface area (Å²) in [5.41, 5.74) is 0.875. The largest absolute Gasteiger partial charge is 0.495 e. The molecule has 3 rings (SSSR count). The van der Waals surface area contributed by atoms with Gasteiger partial charge in [0, 0.05) is 19.6 Å². The van der Waals surface area contributed by atoms with Crippen LogP contribution in [-0.2, 0) is 4.79 Å². The molecular formula is C19H25N5O2S. The Hall–Kier alpha value is -2.48. The van der Waals surface area contributed by atoms with E-state index in [1.165, 1.54) is 18.2 Å². The van der Waals surface area contributed by atoms with Gasteiger partial charge >= 0.3 is 0 Å². The summed E-state index contributed by atoms with van der Waals surface area (Å²) in [7, 11) is 1.65. The van der Waals surface area contributed by atoms with E-state index in [1.807, 2.05) is 28.8 Å². The molecule has 1 aliphatic rings. The van der Waals surface area contributed by atoms with Crippen molar-refractivity contribution in [1.82, 2.24) is 20.1 Å². The minimum absolute atomic E-state index is 0.0611. The summed E-state index contributed by atoms with van der Waals surface area (Å²) in [5, 5.41) is 12.3. The summed E-state index contributed by atoms with van der Waals surface area (Å²) in [6.45, 7) is 5.98. The SMILES string of the molecule is C=CCNC(=O)CSc1nnc(N2CCCCC2)n1-c1ccccc1OC. The van der Waals surface area contributed by atoms with Crippen LogP contribution in [0.1, 0.15) is 19.3 Å². The third-order valence-electron chi connectivity index (χ3n) is 4.36. The number of rotatable bonds is 8. The van der Waals surface area contributed by atoms with Gasteiger partial charge in [0.25, 0.3) is 0 Å². The third kappa shape index (κ3) is 4.63. The van der Waals surface area contributed by atoms with Gasteiger partial charge in [0.05, 0.1) is 18.6 Å². The molecule has 144 valence electrons. The van der Waals surface area contributed by atoms with Crippen molar-refractivity contribution in [3.63, 3.8) is 0 Å². The minimum Gasteiger partial charge on any atom is -0.495 e. The second kappa shape index (κ2) is 9.45. The number of methoxy groups -OCH3 is 1. The summed E-state index contributed by atoms with van der Waals surface area (Å²) < 4.78 is 7.55. The van der Waals surface area contributed by atoms with Crippen LogP contribution in [-0.4, -0.2) is 53.2 Å². The quantitative estimate of drug-likeness (QED) is 0.555. The van der Waals surface area contributed by atoms with E-state index in [9.17, 15) is 4.79 Å². The number of thioether (sulfide) groups is 1. The molecule has 0 aliphatic carbocycles. The summed E-state index contributed by atoms with van der Waals surface area (Å²) in [6, 6.07) is 7.80. The van der Waals surface area contributed by atoms with Gasteiger partial charge in [0.1, 0.15) is 5.75 Å². The standard InChI is InChI=1S/C19H25N5O2S/c1-3-11-20-17(25)14-27-19-22-21-18(23-12-7-4-8-13-23)24(19)15-9-5-6-10-16(15)26-2/h3,5-6,9-10H,1,4,7-8,11-14H2,2H3,(H,20,25). The normalized spacial score (nSPS) is 14.0. The molecule has 0 bridgehead atoms. The Morgan fingerprint density at radius 2 is 2.07 bits per heavy atom. The van der Waals surface area contributed by atoms with Gasteiger partial charge in [-0.15, -0.1) is 16.8 Å². The van der Waals surface area contributed by atoms with E-state index in [-0.39, 0.29) is 11.7 Å². The maximum Gasteiger partial charge on any atom is 0.232 e. The molecule has 0 spiro atoms. The van der Waals surface area contributed by atoms with Crippen molar-refractivity contribution < 1.29 is 9.53 Å². The molecule has 1 fully saturated rings. The van der Waals surface area contributed by atoms with Crippen molar-refractivity contribution in [2.75, 3.05) is 37.4 Å². The number of para-hydroxylation sites is 2. The highest BCUT2D eigenvalue weighted by Gasteiger charge is 2.23. The monoisotopic (exact) mass is 387 g/mol. The van der Waals surface area contributed by atoms with Crippen LogP contribution in [0.5, 0.6) is 5.75 Å². The van der Waals surface area contributed by atoms with E-state index >= 15 is 0 Å². The fraction of sp³-hybridized carbons (Fsp3) is 0.421. The molecule has 1 N–H and O–H groups in total. The van der Waals surface area contributed by atoms with Crippen LogP contribution >= 0.6 is 11.8 Å². The number of benzene rings is 1. The Morgan fingerprint density at radius 3 is 2.81 bits per heavy atom. The molecule has 2 aromatic rings. The van der Waals surface area contributed by atoms with E-state index in [0.29, 0.717) is 11.7 Å². The Bertz CT molecular complexity index is 786. The number of piperidine rings is 1. The summed E-state index contributed by atoms with van der Waals surface area (Å²) in [4.78, 5) is 14.2. The molecule has 8 heteroatoms. The number of hydrogen-bond acceptors (Lipinski definition) is 6. The van der Waals surface area contributed by atoms with E-state index in [4.69, 9.17) is 4.74 Å². The maximum atomic E-state index is 12.0. The van der Waals surface area contributed by atoms with Crippen LogP contribution in [0.3, 0.4) is 0 Å². The van der Waals surface area contributed by atoms with Crippen molar-refractivity contribution in [3.8, 4) is 11.4 Å². The van der Waals surface area contributed by atoms with Crippen LogP contribution in [0.15, 0.2) is 42.1 Å². The summed E-state index contributed by atoms with van der Waals surface area (Å²) >= 11 is 1.37. The number of ether oxygens (including phenoxy) is 1. The first-order valence-electron chi connectivity index (χ1n) is 9.08. The van der Waals surface area contributed by atoms with Gasteiger partial charge in [-0.3, -0.25) is 9.36 Å². The highest BCUT2D eigenvalue weighted by atomic mass is 32.2. The zero-order chi connectivity index (χ0) is 19.1. The third-order valence-corrected chi connectivity index (χ3v) is 5.29. The number of amides is 1. The van der Waals surface area contributed by atoms with Gasteiger partial charge in [-0.05, 0) is 31.4 Å². The number of hydrogen-bond donors (Lipinski definition) is 1. The molecule has 1 aromatic carbocycles. The summed E-state index contributed by atoms with van der Waals surface area (Å²) in [5.74, 6) is 1.75. The van der Waals surface area contributed by atoms with Gasteiger partial charge in [-0.1, -0.05) is 30.0 Å². The van der Waals surface area contributed by atoms with Crippen LogP contribution in [0, 0.1) is 0 Å². The number of carbonyl (C=O) groups is 1. The zero-order valence-corrected chi connectivity index (χ0v) is 16.4. The molecule has 1 saturated heterocycles. The fourth-order valence-electron chi connectivity index (χ4n) is 3.05. The second-order valence-electron chi connectivity index (χ2n) is 6.22. The molecule has 0 radical (unpaired) electrons. The van der Waals surface area contributed by atoms with Gasteiger partial charge in [0.15, 0.2) is 5.16 Å². The molecule has 0 unspecified atom stereocenters. The van der Waals surface area contributed by atoms with Gasteiger partial charge in [-0.2, -0.15) is 0 Å². The Balaban J connectivity index is 1.92. The Kier molecular flexibility index (Phi) is 6.75. The van der Waals surface area contributed by atoms with E-state index in [0.717, 1.165) is 43.3 Å². The van der Waals surface area contributed by atoms with Crippen molar-refractivity contribution in [1.29, 1.82) is 0 Å². The van der Waals surface area contributed by atoms with Crippen LogP contribution in [0.4, 0.5) is 5.95 Å². The van der Waals surface area contributed by atoms with Crippen LogP contribution < -0.4 is 15.0 Å². The number of nitrogens with zero attached hydrogens (tertiary/aromatic N) is 4. The maximum absolute atomic E-state index is 12.0. The topological polar surface area (TPSA) is 72.3 Å². The first kappa shape index (κ1) is 19.3. The molecule has 1 aromatic heterocycles. The fourth-order valence-corrected chi connectivity index (χ4v) is 3.82. The number of anilines is 1. The smallest absolute Gasteiger partial charge is 0.232 e. The lowest BCUT2D eigenvalue weighted by Crippen LogP contribution is -2.31. The second-order valence-corrected chi connectivity index (χ2v) is 7.16. The number of carbonyl (C=O) groups excluding carboxylic acids is 1. The van der Waals surface area contributed by atoms with Crippen molar-refractivity contribution in [2.45, 2.75) is 24.4 Å². The highest BCUT2D eigenvalue weighted by molar-refractivity contribution is 7.99.